The molecule has 1 fully saturated rings. The molecule has 0 aliphatic heterocycles. The molecule has 0 spiro atoms. The van der Waals surface area contributed by atoms with Crippen LogP contribution >= 0.6 is 0 Å². The molecule has 3 aromatic heterocycles. The number of carbonyl (C=O) groups excluding carboxylic acids is 2. The summed E-state index contributed by atoms with van der Waals surface area (Å²) in [7, 11) is 0. The number of hydrogen-bond donors (Lipinski definition) is 3. The molecule has 0 aromatic carbocycles. The Morgan fingerprint density at radius 3 is 2.79 bits per heavy atom. The summed E-state index contributed by atoms with van der Waals surface area (Å²) in [6, 6.07) is 4.86. The zero-order valence-electron chi connectivity index (χ0n) is 15.3. The van der Waals surface area contributed by atoms with E-state index in [0.29, 0.717) is 5.69 Å². The molecule has 0 bridgehead atoms. The minimum Gasteiger partial charge on any atom is -0.351 e. The summed E-state index contributed by atoms with van der Waals surface area (Å²) in [5.74, 6) is -0.725. The first-order chi connectivity index (χ1) is 14.0. The van der Waals surface area contributed by atoms with Crippen molar-refractivity contribution < 1.29 is 9.59 Å². The fourth-order valence-corrected chi connectivity index (χ4v) is 2.98. The van der Waals surface area contributed by atoms with Crippen LogP contribution in [0.3, 0.4) is 0 Å². The summed E-state index contributed by atoms with van der Waals surface area (Å²) < 4.78 is 1.46. The second-order valence-corrected chi connectivity index (χ2v) is 6.75. The van der Waals surface area contributed by atoms with E-state index < -0.39 is 17.2 Å². The third-order valence-corrected chi connectivity index (χ3v) is 4.54. The molecule has 0 radical (unpaired) electrons. The van der Waals surface area contributed by atoms with E-state index in [1.807, 2.05) is 0 Å². The summed E-state index contributed by atoms with van der Waals surface area (Å²) in [6.07, 6.45) is 6.23. The maximum atomic E-state index is 12.4. The molecule has 3 aromatic rings. The van der Waals surface area contributed by atoms with E-state index in [1.165, 1.54) is 23.0 Å². The van der Waals surface area contributed by atoms with Crippen LogP contribution in [0.1, 0.15) is 35.7 Å². The van der Waals surface area contributed by atoms with Crippen LogP contribution in [0, 0.1) is 0 Å². The van der Waals surface area contributed by atoms with E-state index in [9.17, 15) is 19.2 Å². The number of amides is 2. The maximum Gasteiger partial charge on any atom is 0.330 e. The van der Waals surface area contributed by atoms with Crippen molar-refractivity contribution >= 4 is 28.5 Å². The lowest BCUT2D eigenvalue weighted by Crippen LogP contribution is -2.31. The predicted octanol–water partition coefficient (Wildman–Crippen LogP) is 0.573. The lowest BCUT2D eigenvalue weighted by Gasteiger charge is -2.09. The molecule has 1 aliphatic rings. The Morgan fingerprint density at radius 2 is 2.07 bits per heavy atom. The highest BCUT2D eigenvalue weighted by molar-refractivity contribution is 5.97. The number of aromatic nitrogens is 4. The van der Waals surface area contributed by atoms with Gasteiger partial charge in [0.05, 0.1) is 22.8 Å². The number of aromatic amines is 1. The standard InChI is InChI=1S/C19H18N6O4/c26-15(23-12-2-1-6-20-10-12)5-7-21-17(27)11-8-14-16(22-9-11)25(13-3-4-13)19(29)24-18(14)28/h1-2,6,8-10,13H,3-5,7H2,(H,21,27)(H,23,26)(H,24,28,29). The molecular formula is C19H18N6O4. The number of nitrogens with one attached hydrogen (secondary N) is 3. The van der Waals surface area contributed by atoms with Crippen LogP contribution in [0.5, 0.6) is 0 Å². The SMILES string of the molecule is O=C(CCNC(=O)c1cnc2c(c1)c(=O)[nH]c(=O)n2C1CC1)Nc1cccnc1. The normalized spacial score (nSPS) is 13.2. The lowest BCUT2D eigenvalue weighted by atomic mass is 10.2. The average Bonchev–Trinajstić information content (AvgIpc) is 3.53. The lowest BCUT2D eigenvalue weighted by molar-refractivity contribution is -0.116. The molecule has 1 aliphatic carbocycles. The van der Waals surface area contributed by atoms with E-state index in [0.717, 1.165) is 12.8 Å². The van der Waals surface area contributed by atoms with Gasteiger partial charge in [-0.1, -0.05) is 0 Å². The summed E-state index contributed by atoms with van der Waals surface area (Å²) in [4.78, 5) is 58.8. The second kappa shape index (κ2) is 7.66. The molecule has 1 saturated carbocycles. The van der Waals surface area contributed by atoms with Crippen molar-refractivity contribution in [3.8, 4) is 0 Å². The Kier molecular flexibility index (Phi) is 4.90. The topological polar surface area (TPSA) is 139 Å². The molecule has 29 heavy (non-hydrogen) atoms. The van der Waals surface area contributed by atoms with E-state index in [1.54, 1.807) is 18.3 Å². The number of fused-ring (bicyclic) bond motifs is 1. The van der Waals surface area contributed by atoms with Gasteiger partial charge in [-0.3, -0.25) is 28.9 Å². The van der Waals surface area contributed by atoms with Crippen molar-refractivity contribution in [3.63, 3.8) is 0 Å². The number of rotatable bonds is 6. The van der Waals surface area contributed by atoms with Gasteiger partial charge in [-0.2, -0.15) is 0 Å². The van der Waals surface area contributed by atoms with Crippen LogP contribution in [0.25, 0.3) is 11.0 Å². The summed E-state index contributed by atoms with van der Waals surface area (Å²) >= 11 is 0. The number of nitrogens with zero attached hydrogens (tertiary/aromatic N) is 3. The van der Waals surface area contributed by atoms with E-state index >= 15 is 0 Å². The summed E-state index contributed by atoms with van der Waals surface area (Å²) in [6.45, 7) is 0.112. The third-order valence-electron chi connectivity index (χ3n) is 4.54. The molecule has 148 valence electrons. The highest BCUT2D eigenvalue weighted by Crippen LogP contribution is 2.34. The van der Waals surface area contributed by atoms with Crippen LogP contribution < -0.4 is 21.9 Å². The largest absolute Gasteiger partial charge is 0.351 e. The van der Waals surface area contributed by atoms with Crippen LogP contribution in [0.4, 0.5) is 5.69 Å². The summed E-state index contributed by atoms with van der Waals surface area (Å²) in [5, 5.41) is 5.48. The van der Waals surface area contributed by atoms with Crippen LogP contribution in [-0.4, -0.2) is 37.9 Å². The number of hydrogen-bond acceptors (Lipinski definition) is 6. The van der Waals surface area contributed by atoms with Gasteiger partial charge in [-0.15, -0.1) is 0 Å². The van der Waals surface area contributed by atoms with Crippen LogP contribution in [-0.2, 0) is 4.79 Å². The van der Waals surface area contributed by atoms with E-state index in [-0.39, 0.29) is 41.5 Å². The molecule has 4 rings (SSSR count). The summed E-state index contributed by atoms with van der Waals surface area (Å²) in [5.41, 5.74) is -0.0527. The van der Waals surface area contributed by atoms with Crippen LogP contribution in [0.15, 0.2) is 46.4 Å². The highest BCUT2D eigenvalue weighted by Gasteiger charge is 2.27. The van der Waals surface area contributed by atoms with Crippen LogP contribution in [0.2, 0.25) is 0 Å². The van der Waals surface area contributed by atoms with Crippen molar-refractivity contribution in [2.75, 3.05) is 11.9 Å². The number of H-pyrrole nitrogens is 1. The van der Waals surface area contributed by atoms with Crippen molar-refractivity contribution in [2.45, 2.75) is 25.3 Å². The minimum atomic E-state index is -0.583. The Balaban J connectivity index is 1.43. The Morgan fingerprint density at radius 1 is 1.24 bits per heavy atom. The monoisotopic (exact) mass is 394 g/mol. The van der Waals surface area contributed by atoms with E-state index in [2.05, 4.69) is 25.6 Å². The highest BCUT2D eigenvalue weighted by atomic mass is 16.2. The molecule has 10 nitrogen and oxygen atoms in total. The zero-order chi connectivity index (χ0) is 20.4. The van der Waals surface area contributed by atoms with Gasteiger partial charge in [-0.25, -0.2) is 9.78 Å². The van der Waals surface area contributed by atoms with Gasteiger partial charge in [0.25, 0.3) is 11.5 Å². The molecule has 3 heterocycles. The van der Waals surface area contributed by atoms with Crippen molar-refractivity contribution in [2.24, 2.45) is 0 Å². The zero-order valence-corrected chi connectivity index (χ0v) is 15.3. The van der Waals surface area contributed by atoms with E-state index in [4.69, 9.17) is 0 Å². The molecular weight excluding hydrogens is 376 g/mol. The van der Waals surface area contributed by atoms with Gasteiger partial charge < -0.3 is 10.6 Å². The van der Waals surface area contributed by atoms with Gasteiger partial charge in [0, 0.05) is 31.4 Å². The molecule has 0 unspecified atom stereocenters. The van der Waals surface area contributed by atoms with Gasteiger partial charge >= 0.3 is 5.69 Å². The first-order valence-corrected chi connectivity index (χ1v) is 9.15. The van der Waals surface area contributed by atoms with Crippen molar-refractivity contribution in [1.82, 2.24) is 24.8 Å². The number of carbonyl (C=O) groups is 2. The van der Waals surface area contributed by atoms with Gasteiger partial charge in [-0.05, 0) is 31.0 Å². The Bertz CT molecular complexity index is 1200. The molecule has 3 N–H and O–H groups in total. The van der Waals surface area contributed by atoms with Gasteiger partial charge in [0.1, 0.15) is 5.65 Å². The van der Waals surface area contributed by atoms with Gasteiger partial charge in [0.2, 0.25) is 5.91 Å². The quantitative estimate of drug-likeness (QED) is 0.559. The fraction of sp³-hybridized carbons (Fsp3) is 0.263. The first-order valence-electron chi connectivity index (χ1n) is 9.15. The number of pyridine rings is 2. The Hall–Kier alpha value is -3.82. The number of anilines is 1. The molecule has 0 atom stereocenters. The Labute approximate surface area is 164 Å². The predicted molar refractivity (Wildman–Crippen MR) is 105 cm³/mol. The van der Waals surface area contributed by atoms with Crippen molar-refractivity contribution in [3.05, 3.63) is 63.2 Å². The smallest absolute Gasteiger partial charge is 0.330 e. The average molecular weight is 394 g/mol. The third kappa shape index (κ3) is 4.05. The molecule has 10 heteroatoms. The maximum absolute atomic E-state index is 12.4. The minimum absolute atomic E-state index is 0.0346. The fourth-order valence-electron chi connectivity index (χ4n) is 2.98. The molecule has 0 saturated heterocycles. The first kappa shape index (κ1) is 18.5. The van der Waals surface area contributed by atoms with Gasteiger partial charge in [0.15, 0.2) is 0 Å². The van der Waals surface area contributed by atoms with Crippen molar-refractivity contribution in [1.29, 1.82) is 0 Å². The second-order valence-electron chi connectivity index (χ2n) is 6.75. The molecule has 2 amide bonds.